The molecular weight excluding hydrogens is 673 g/mol. The van der Waals surface area contributed by atoms with Crippen LogP contribution in [0.5, 0.6) is 0 Å². The molecule has 0 radical (unpaired) electrons. The van der Waals surface area contributed by atoms with E-state index in [1.807, 2.05) is 11.3 Å². The first-order valence-electron chi connectivity index (χ1n) is 18.6. The Morgan fingerprint density at radius 3 is 1.87 bits per heavy atom. The Bertz CT molecular complexity index is 3130. The van der Waals surface area contributed by atoms with Gasteiger partial charge in [-0.25, -0.2) is 9.97 Å². The van der Waals surface area contributed by atoms with Crippen molar-refractivity contribution in [3.63, 3.8) is 0 Å². The molecule has 0 amide bonds. The Hall–Kier alpha value is -6.42. The van der Waals surface area contributed by atoms with Crippen LogP contribution in [0.2, 0.25) is 0 Å². The van der Waals surface area contributed by atoms with Crippen molar-refractivity contribution in [2.24, 2.45) is 0 Å². The van der Waals surface area contributed by atoms with Crippen molar-refractivity contribution in [3.05, 3.63) is 181 Å². The molecule has 2 heterocycles. The monoisotopic (exact) mass is 706 g/mol. The van der Waals surface area contributed by atoms with Gasteiger partial charge in [-0.15, -0.1) is 11.3 Å². The van der Waals surface area contributed by atoms with Crippen LogP contribution in [0.3, 0.4) is 0 Å². The van der Waals surface area contributed by atoms with Crippen molar-refractivity contribution in [3.8, 4) is 56.2 Å². The molecule has 54 heavy (non-hydrogen) atoms. The second-order valence-corrected chi connectivity index (χ2v) is 16.0. The number of thiophene rings is 1. The summed E-state index contributed by atoms with van der Waals surface area (Å²) in [5.41, 5.74) is 12.8. The van der Waals surface area contributed by atoms with Crippen molar-refractivity contribution in [1.29, 1.82) is 0 Å². The second kappa shape index (κ2) is 11.8. The van der Waals surface area contributed by atoms with Crippen LogP contribution in [0.15, 0.2) is 170 Å². The average molecular weight is 707 g/mol. The predicted molar refractivity (Wildman–Crippen MR) is 229 cm³/mol. The highest BCUT2D eigenvalue weighted by molar-refractivity contribution is 7.25. The Kier molecular flexibility index (Phi) is 6.80. The average Bonchev–Trinajstić information content (AvgIpc) is 3.71. The zero-order valence-corrected chi connectivity index (χ0v) is 30.8. The number of benzene rings is 8. The van der Waals surface area contributed by atoms with Crippen LogP contribution in [0.4, 0.5) is 0 Å². The summed E-state index contributed by atoms with van der Waals surface area (Å²) in [7, 11) is 0. The van der Waals surface area contributed by atoms with Crippen LogP contribution in [-0.4, -0.2) is 9.97 Å². The van der Waals surface area contributed by atoms with Crippen LogP contribution in [-0.2, 0) is 5.41 Å². The number of fused-ring (bicyclic) bond motifs is 9. The van der Waals surface area contributed by atoms with E-state index < -0.39 is 0 Å². The van der Waals surface area contributed by atoms with E-state index in [4.69, 9.17) is 9.97 Å². The minimum Gasteiger partial charge on any atom is -0.228 e. The van der Waals surface area contributed by atoms with Crippen molar-refractivity contribution < 1.29 is 0 Å². The summed E-state index contributed by atoms with van der Waals surface area (Å²) >= 11 is 1.83. The molecule has 0 aliphatic heterocycles. The van der Waals surface area contributed by atoms with Gasteiger partial charge >= 0.3 is 0 Å². The molecule has 0 unspecified atom stereocenters. The molecule has 0 spiro atoms. The molecule has 2 nitrogen and oxygen atoms in total. The lowest BCUT2D eigenvalue weighted by molar-refractivity contribution is 0.661. The normalized spacial score (nSPS) is 13.1. The SMILES string of the molecule is CC1(C)c2ccc(-c3ccc(-c4nc(-c5ccccc5)cc(-c5ccc6c(c5)sc5ccccc56)n4)c4ccccc34)cc2-c2c1ccc1ccccc21. The maximum atomic E-state index is 5.32. The van der Waals surface area contributed by atoms with E-state index in [9.17, 15) is 0 Å². The first-order chi connectivity index (χ1) is 26.5. The quantitative estimate of drug-likeness (QED) is 0.182. The maximum Gasteiger partial charge on any atom is 0.161 e. The van der Waals surface area contributed by atoms with Crippen molar-refractivity contribution >= 4 is 53.1 Å². The van der Waals surface area contributed by atoms with Crippen LogP contribution in [0.25, 0.3) is 97.9 Å². The largest absolute Gasteiger partial charge is 0.228 e. The predicted octanol–water partition coefficient (Wildman–Crippen LogP) is 14.1. The fourth-order valence-electron chi connectivity index (χ4n) is 8.79. The van der Waals surface area contributed by atoms with Crippen molar-refractivity contribution in [2.75, 3.05) is 0 Å². The van der Waals surface area contributed by atoms with Gasteiger partial charge in [0.15, 0.2) is 5.82 Å². The Labute approximate surface area is 318 Å². The van der Waals surface area contributed by atoms with Gasteiger partial charge in [-0.1, -0.05) is 153 Å². The van der Waals surface area contributed by atoms with E-state index in [2.05, 4.69) is 184 Å². The van der Waals surface area contributed by atoms with Gasteiger partial charge in [0.25, 0.3) is 0 Å². The first kappa shape index (κ1) is 31.1. The molecule has 3 heteroatoms. The second-order valence-electron chi connectivity index (χ2n) is 14.9. The molecule has 0 atom stereocenters. The Morgan fingerprint density at radius 1 is 0.407 bits per heavy atom. The highest BCUT2D eigenvalue weighted by Gasteiger charge is 2.36. The summed E-state index contributed by atoms with van der Waals surface area (Å²) in [5, 5.41) is 7.50. The lowest BCUT2D eigenvalue weighted by Crippen LogP contribution is -2.14. The van der Waals surface area contributed by atoms with Crippen LogP contribution >= 0.6 is 11.3 Å². The number of hydrogen-bond donors (Lipinski definition) is 0. The summed E-state index contributed by atoms with van der Waals surface area (Å²) in [4.78, 5) is 10.6. The van der Waals surface area contributed by atoms with Gasteiger partial charge < -0.3 is 0 Å². The van der Waals surface area contributed by atoms with Crippen LogP contribution in [0, 0.1) is 0 Å². The molecule has 8 aromatic carbocycles. The molecule has 0 saturated heterocycles. The van der Waals surface area contributed by atoms with E-state index in [1.165, 1.54) is 69.7 Å². The summed E-state index contributed by atoms with van der Waals surface area (Å²) in [6, 6.07) is 61.7. The third kappa shape index (κ3) is 4.72. The molecule has 11 rings (SSSR count). The van der Waals surface area contributed by atoms with Crippen molar-refractivity contribution in [2.45, 2.75) is 19.3 Å². The smallest absolute Gasteiger partial charge is 0.161 e. The Morgan fingerprint density at radius 2 is 1.04 bits per heavy atom. The summed E-state index contributed by atoms with van der Waals surface area (Å²) in [6.45, 7) is 4.71. The standard InChI is InChI=1S/C51H34N2S/c1-51(2)43-26-22-33(28-42(43)49-36-15-7-6-12-31(36)21-27-44(49)51)35-24-25-41(38-17-9-8-16-37(35)38)50-52-45(32-13-4-3-5-14-32)30-46(53-50)34-20-23-40-39-18-10-11-19-47(39)54-48(40)29-34/h3-30H,1-2H3. The molecule has 254 valence electrons. The van der Waals surface area contributed by atoms with Crippen LogP contribution in [0.1, 0.15) is 25.0 Å². The minimum absolute atomic E-state index is 0.0700. The van der Waals surface area contributed by atoms with E-state index in [0.717, 1.165) is 39.3 Å². The van der Waals surface area contributed by atoms with Gasteiger partial charge in [-0.2, -0.15) is 0 Å². The molecule has 0 saturated carbocycles. The molecule has 0 fully saturated rings. The lowest BCUT2D eigenvalue weighted by Gasteiger charge is -2.21. The third-order valence-corrected chi connectivity index (χ3v) is 12.6. The molecule has 0 bridgehead atoms. The van der Waals surface area contributed by atoms with E-state index >= 15 is 0 Å². The topological polar surface area (TPSA) is 25.8 Å². The molecule has 1 aliphatic carbocycles. The molecule has 2 aromatic heterocycles. The third-order valence-electron chi connectivity index (χ3n) is 11.5. The molecule has 0 N–H and O–H groups in total. The van der Waals surface area contributed by atoms with Crippen molar-refractivity contribution in [1.82, 2.24) is 9.97 Å². The minimum atomic E-state index is -0.0700. The zero-order valence-electron chi connectivity index (χ0n) is 30.0. The lowest BCUT2D eigenvalue weighted by atomic mass is 9.81. The van der Waals surface area contributed by atoms with E-state index in [-0.39, 0.29) is 5.41 Å². The van der Waals surface area contributed by atoms with Gasteiger partial charge in [0.1, 0.15) is 0 Å². The molecule has 10 aromatic rings. The molecule has 1 aliphatic rings. The summed E-state index contributed by atoms with van der Waals surface area (Å²) in [6.07, 6.45) is 0. The van der Waals surface area contributed by atoms with Gasteiger partial charge in [-0.05, 0) is 85.3 Å². The summed E-state index contributed by atoms with van der Waals surface area (Å²) in [5.74, 6) is 0.724. The number of nitrogens with zero attached hydrogens (tertiary/aromatic N) is 2. The number of rotatable bonds is 4. The van der Waals surface area contributed by atoms with Gasteiger partial charge in [0, 0.05) is 42.3 Å². The number of aromatic nitrogens is 2. The maximum absolute atomic E-state index is 5.32. The fraction of sp³-hybridized carbons (Fsp3) is 0.0588. The number of hydrogen-bond acceptors (Lipinski definition) is 3. The van der Waals surface area contributed by atoms with Gasteiger partial charge in [-0.3, -0.25) is 0 Å². The molecular formula is C51H34N2S. The van der Waals surface area contributed by atoms with Crippen LogP contribution < -0.4 is 0 Å². The van der Waals surface area contributed by atoms with Gasteiger partial charge in [0.05, 0.1) is 11.4 Å². The Balaban J connectivity index is 1.09. The summed E-state index contributed by atoms with van der Waals surface area (Å²) < 4.78 is 2.56. The van der Waals surface area contributed by atoms with E-state index in [0.29, 0.717) is 0 Å². The van der Waals surface area contributed by atoms with E-state index in [1.54, 1.807) is 0 Å². The zero-order chi connectivity index (χ0) is 36.0. The highest BCUT2D eigenvalue weighted by atomic mass is 32.1. The fourth-order valence-corrected chi connectivity index (χ4v) is 9.94. The first-order valence-corrected chi connectivity index (χ1v) is 19.4. The highest BCUT2D eigenvalue weighted by Crippen LogP contribution is 2.52. The van der Waals surface area contributed by atoms with Gasteiger partial charge in [0.2, 0.25) is 0 Å².